The van der Waals surface area contributed by atoms with Gasteiger partial charge in [0, 0.05) is 17.8 Å². The second-order valence-electron chi connectivity index (χ2n) is 3.25. The van der Waals surface area contributed by atoms with Gasteiger partial charge in [-0.15, -0.1) is 11.6 Å². The topological polar surface area (TPSA) is 24.9 Å². The van der Waals surface area contributed by atoms with Gasteiger partial charge < -0.3 is 5.32 Å². The summed E-state index contributed by atoms with van der Waals surface area (Å²) >= 11 is 5.78. The molecule has 0 bridgehead atoms. The first-order valence-corrected chi connectivity index (χ1v) is 5.36. The SMILES string of the molecule is Fc1cccnc1Nc1ccccc1CCl. The van der Waals surface area contributed by atoms with E-state index in [2.05, 4.69) is 10.3 Å². The van der Waals surface area contributed by atoms with Gasteiger partial charge in [-0.25, -0.2) is 9.37 Å². The average Bonchev–Trinajstić information content (AvgIpc) is 2.33. The Labute approximate surface area is 98.1 Å². The number of para-hydroxylation sites is 1. The quantitative estimate of drug-likeness (QED) is 0.822. The molecule has 4 heteroatoms. The van der Waals surface area contributed by atoms with E-state index in [9.17, 15) is 4.39 Å². The summed E-state index contributed by atoms with van der Waals surface area (Å²) in [5.74, 6) is 0.199. The van der Waals surface area contributed by atoms with Gasteiger partial charge in [0.15, 0.2) is 11.6 Å². The molecule has 1 heterocycles. The van der Waals surface area contributed by atoms with E-state index in [0.717, 1.165) is 11.3 Å². The van der Waals surface area contributed by atoms with Crippen molar-refractivity contribution in [2.45, 2.75) is 5.88 Å². The van der Waals surface area contributed by atoms with Gasteiger partial charge >= 0.3 is 0 Å². The molecule has 0 saturated heterocycles. The molecule has 1 aromatic heterocycles. The number of rotatable bonds is 3. The molecule has 0 saturated carbocycles. The third-order valence-electron chi connectivity index (χ3n) is 2.17. The van der Waals surface area contributed by atoms with E-state index in [1.807, 2.05) is 24.3 Å². The summed E-state index contributed by atoms with van der Waals surface area (Å²) in [4.78, 5) is 3.92. The minimum atomic E-state index is -0.383. The molecule has 0 aliphatic heterocycles. The van der Waals surface area contributed by atoms with Crippen molar-refractivity contribution in [1.82, 2.24) is 4.98 Å². The van der Waals surface area contributed by atoms with E-state index >= 15 is 0 Å². The number of alkyl halides is 1. The third kappa shape index (κ3) is 2.31. The fourth-order valence-electron chi connectivity index (χ4n) is 1.36. The maximum atomic E-state index is 13.4. The molecule has 1 N–H and O–H groups in total. The predicted molar refractivity (Wildman–Crippen MR) is 63.5 cm³/mol. The predicted octanol–water partition coefficient (Wildman–Crippen LogP) is 3.70. The van der Waals surface area contributed by atoms with Crippen molar-refractivity contribution in [2.75, 3.05) is 5.32 Å². The molecule has 2 nitrogen and oxygen atoms in total. The Bertz CT molecular complexity index is 488. The highest BCUT2D eigenvalue weighted by molar-refractivity contribution is 6.17. The normalized spacial score (nSPS) is 10.1. The van der Waals surface area contributed by atoms with Crippen LogP contribution in [-0.4, -0.2) is 4.98 Å². The zero-order chi connectivity index (χ0) is 11.4. The van der Waals surface area contributed by atoms with Crippen LogP contribution >= 0.6 is 11.6 Å². The first-order chi connectivity index (χ1) is 7.81. The summed E-state index contributed by atoms with van der Waals surface area (Å²) in [5, 5.41) is 2.92. The second kappa shape index (κ2) is 4.94. The number of anilines is 2. The second-order valence-corrected chi connectivity index (χ2v) is 3.52. The van der Waals surface area contributed by atoms with E-state index in [1.54, 1.807) is 6.07 Å². The molecule has 0 atom stereocenters. The standard InChI is InChI=1S/C12H10ClFN2/c13-8-9-4-1-2-6-11(9)16-12-10(14)5-3-7-15-12/h1-7H,8H2,(H,15,16). The van der Waals surface area contributed by atoms with E-state index in [-0.39, 0.29) is 11.6 Å². The first kappa shape index (κ1) is 10.9. The molecule has 1 aromatic carbocycles. The number of hydrogen-bond donors (Lipinski definition) is 1. The lowest BCUT2D eigenvalue weighted by Crippen LogP contribution is -1.98. The lowest BCUT2D eigenvalue weighted by molar-refractivity contribution is 0.626. The van der Waals surface area contributed by atoms with Gasteiger partial charge in [-0.2, -0.15) is 0 Å². The smallest absolute Gasteiger partial charge is 0.166 e. The van der Waals surface area contributed by atoms with Gasteiger partial charge in [0.25, 0.3) is 0 Å². The molecule has 2 rings (SSSR count). The Kier molecular flexibility index (Phi) is 3.37. The molecule has 0 spiro atoms. The molecule has 0 unspecified atom stereocenters. The van der Waals surface area contributed by atoms with E-state index in [1.165, 1.54) is 12.3 Å². The van der Waals surface area contributed by atoms with Crippen LogP contribution in [0.4, 0.5) is 15.9 Å². The highest BCUT2D eigenvalue weighted by atomic mass is 35.5. The van der Waals surface area contributed by atoms with Crippen molar-refractivity contribution in [3.63, 3.8) is 0 Å². The Morgan fingerprint density at radius 2 is 2.00 bits per heavy atom. The number of halogens is 2. The summed E-state index contributed by atoms with van der Waals surface area (Å²) in [7, 11) is 0. The molecule has 0 radical (unpaired) electrons. The van der Waals surface area contributed by atoms with Gasteiger partial charge in [0.1, 0.15) is 0 Å². The maximum absolute atomic E-state index is 13.4. The molecule has 0 amide bonds. The number of aromatic nitrogens is 1. The fraction of sp³-hybridized carbons (Fsp3) is 0.0833. The molecular weight excluding hydrogens is 227 g/mol. The number of benzene rings is 1. The minimum absolute atomic E-state index is 0.208. The summed E-state index contributed by atoms with van der Waals surface area (Å²) in [6.07, 6.45) is 1.54. The van der Waals surface area contributed by atoms with Crippen LogP contribution < -0.4 is 5.32 Å². The van der Waals surface area contributed by atoms with Gasteiger partial charge in [0.2, 0.25) is 0 Å². The van der Waals surface area contributed by atoms with Crippen LogP contribution in [0.25, 0.3) is 0 Å². The van der Waals surface area contributed by atoms with Crippen molar-refractivity contribution >= 4 is 23.1 Å². The first-order valence-electron chi connectivity index (χ1n) is 4.82. The largest absolute Gasteiger partial charge is 0.338 e. The van der Waals surface area contributed by atoms with E-state index in [4.69, 9.17) is 11.6 Å². The summed E-state index contributed by atoms with van der Waals surface area (Å²) in [5.41, 5.74) is 1.68. The van der Waals surface area contributed by atoms with Crippen molar-refractivity contribution in [3.05, 3.63) is 54.0 Å². The Balaban J connectivity index is 2.30. The van der Waals surface area contributed by atoms with Gasteiger partial charge in [-0.3, -0.25) is 0 Å². The lowest BCUT2D eigenvalue weighted by Gasteiger charge is -2.09. The summed E-state index contributed by atoms with van der Waals surface area (Å²) in [6, 6.07) is 10.4. The third-order valence-corrected chi connectivity index (χ3v) is 2.46. The number of nitrogens with zero attached hydrogens (tertiary/aromatic N) is 1. The van der Waals surface area contributed by atoms with E-state index in [0.29, 0.717) is 5.88 Å². The van der Waals surface area contributed by atoms with Crippen LogP contribution in [0.5, 0.6) is 0 Å². The highest BCUT2D eigenvalue weighted by Gasteiger charge is 2.05. The summed E-state index contributed by atoms with van der Waals surface area (Å²) < 4.78 is 13.4. The Morgan fingerprint density at radius 1 is 1.19 bits per heavy atom. The van der Waals surface area contributed by atoms with Gasteiger partial charge in [0.05, 0.1) is 0 Å². The Hall–Kier alpha value is -1.61. The average molecular weight is 237 g/mol. The monoisotopic (exact) mass is 236 g/mol. The number of hydrogen-bond acceptors (Lipinski definition) is 2. The molecule has 2 aromatic rings. The fourth-order valence-corrected chi connectivity index (χ4v) is 1.60. The van der Waals surface area contributed by atoms with Crippen LogP contribution in [0.3, 0.4) is 0 Å². The Morgan fingerprint density at radius 3 is 2.75 bits per heavy atom. The lowest BCUT2D eigenvalue weighted by atomic mass is 10.2. The van der Waals surface area contributed by atoms with Gasteiger partial charge in [-0.05, 0) is 23.8 Å². The van der Waals surface area contributed by atoms with Crippen LogP contribution in [-0.2, 0) is 5.88 Å². The zero-order valence-electron chi connectivity index (χ0n) is 8.45. The van der Waals surface area contributed by atoms with Gasteiger partial charge in [-0.1, -0.05) is 18.2 Å². The molecule has 16 heavy (non-hydrogen) atoms. The number of pyridine rings is 1. The molecule has 82 valence electrons. The van der Waals surface area contributed by atoms with Crippen LogP contribution in [0.2, 0.25) is 0 Å². The van der Waals surface area contributed by atoms with Crippen LogP contribution in [0.15, 0.2) is 42.6 Å². The van der Waals surface area contributed by atoms with Crippen molar-refractivity contribution < 1.29 is 4.39 Å². The van der Waals surface area contributed by atoms with E-state index < -0.39 is 0 Å². The molecule has 0 aliphatic rings. The number of nitrogens with one attached hydrogen (secondary N) is 1. The maximum Gasteiger partial charge on any atom is 0.166 e. The van der Waals surface area contributed by atoms with Crippen LogP contribution in [0.1, 0.15) is 5.56 Å². The summed E-state index contributed by atoms with van der Waals surface area (Å²) in [6.45, 7) is 0. The van der Waals surface area contributed by atoms with Crippen molar-refractivity contribution in [2.24, 2.45) is 0 Å². The highest BCUT2D eigenvalue weighted by Crippen LogP contribution is 2.22. The van der Waals surface area contributed by atoms with Crippen LogP contribution in [0, 0.1) is 5.82 Å². The zero-order valence-corrected chi connectivity index (χ0v) is 9.21. The molecule has 0 aliphatic carbocycles. The molecule has 0 fully saturated rings. The minimum Gasteiger partial charge on any atom is -0.338 e. The van der Waals surface area contributed by atoms with Crippen molar-refractivity contribution in [1.29, 1.82) is 0 Å². The molecular formula is C12H10ClFN2. The van der Waals surface area contributed by atoms with Crippen molar-refractivity contribution in [3.8, 4) is 0 Å².